The minimum atomic E-state index is -0.342. The normalized spacial score (nSPS) is 12.6. The maximum atomic E-state index is 13.8. The zero-order valence-electron chi connectivity index (χ0n) is 11.6. The topological polar surface area (TPSA) is 47.3 Å². The molecule has 0 spiro atoms. The van der Waals surface area contributed by atoms with Gasteiger partial charge in [-0.25, -0.2) is 4.39 Å². The Hall–Kier alpha value is -1.45. The summed E-state index contributed by atoms with van der Waals surface area (Å²) in [6.07, 6.45) is 2.14. The van der Waals surface area contributed by atoms with Crippen LogP contribution in [0.25, 0.3) is 0 Å². The first-order chi connectivity index (χ1) is 8.53. The summed E-state index contributed by atoms with van der Waals surface area (Å²) in [7, 11) is 1.53. The molecule has 0 radical (unpaired) electrons. The van der Waals surface area contributed by atoms with Crippen LogP contribution in [0.3, 0.4) is 0 Å². The van der Waals surface area contributed by atoms with E-state index < -0.39 is 0 Å². The summed E-state index contributed by atoms with van der Waals surface area (Å²) in [6, 6.07) is 3.12. The summed E-state index contributed by atoms with van der Waals surface area (Å²) in [6.45, 7) is 6.36. The number of nitrogens with one attached hydrogen (secondary N) is 1. The van der Waals surface area contributed by atoms with Gasteiger partial charge in [-0.3, -0.25) is 0 Å². The lowest BCUT2D eigenvalue weighted by Crippen LogP contribution is -2.25. The van der Waals surface area contributed by atoms with Crippen LogP contribution in [-0.2, 0) is 0 Å². The maximum Gasteiger partial charge on any atom is 0.148 e. The largest absolute Gasteiger partial charge is 0.495 e. The number of methoxy groups -OCH3 is 1. The fourth-order valence-electron chi connectivity index (χ4n) is 2.22. The molecule has 0 fully saturated rings. The monoisotopic (exact) mass is 254 g/mol. The summed E-state index contributed by atoms with van der Waals surface area (Å²) < 4.78 is 18.9. The number of rotatable bonds is 6. The minimum absolute atomic E-state index is 0.211. The van der Waals surface area contributed by atoms with Crippen LogP contribution in [0.5, 0.6) is 5.75 Å². The van der Waals surface area contributed by atoms with Gasteiger partial charge < -0.3 is 15.8 Å². The third-order valence-corrected chi connectivity index (χ3v) is 3.46. The van der Waals surface area contributed by atoms with Crippen molar-refractivity contribution >= 4 is 11.4 Å². The molecular weight excluding hydrogens is 231 g/mol. The average Bonchev–Trinajstić information content (AvgIpc) is 2.34. The maximum absolute atomic E-state index is 13.8. The summed E-state index contributed by atoms with van der Waals surface area (Å²) in [4.78, 5) is 0. The van der Waals surface area contributed by atoms with Gasteiger partial charge in [0.15, 0.2) is 0 Å². The van der Waals surface area contributed by atoms with Gasteiger partial charge in [-0.2, -0.15) is 0 Å². The Morgan fingerprint density at radius 3 is 2.44 bits per heavy atom. The second-order valence-corrected chi connectivity index (χ2v) is 4.58. The number of nitrogen functional groups attached to an aromatic ring is 1. The Morgan fingerprint density at radius 1 is 1.33 bits per heavy atom. The molecule has 0 aliphatic carbocycles. The molecule has 0 aromatic heterocycles. The average molecular weight is 254 g/mol. The predicted octanol–water partition coefficient (Wildman–Crippen LogP) is 3.65. The first kappa shape index (κ1) is 14.6. The van der Waals surface area contributed by atoms with E-state index in [0.29, 0.717) is 23.0 Å². The lowest BCUT2D eigenvalue weighted by Gasteiger charge is -2.24. The van der Waals surface area contributed by atoms with E-state index in [4.69, 9.17) is 10.5 Å². The van der Waals surface area contributed by atoms with Gasteiger partial charge in [0.2, 0.25) is 0 Å². The Labute approximate surface area is 109 Å². The van der Waals surface area contributed by atoms with Gasteiger partial charge in [0.1, 0.15) is 11.6 Å². The third kappa shape index (κ3) is 3.28. The van der Waals surface area contributed by atoms with Crippen LogP contribution in [0.1, 0.15) is 33.6 Å². The summed E-state index contributed by atoms with van der Waals surface area (Å²) in [5, 5.41) is 3.20. The molecule has 0 bridgehead atoms. The molecule has 18 heavy (non-hydrogen) atoms. The van der Waals surface area contributed by atoms with Gasteiger partial charge in [-0.1, -0.05) is 26.7 Å². The molecule has 102 valence electrons. The van der Waals surface area contributed by atoms with Gasteiger partial charge in [-0.05, 0) is 12.8 Å². The SMILES string of the molecule is CCC(CC)C(C)Nc1cc(OC)c(N)cc1F. The molecule has 0 amide bonds. The molecule has 1 rings (SSSR count). The van der Waals surface area contributed by atoms with Crippen LogP contribution in [0.2, 0.25) is 0 Å². The first-order valence-electron chi connectivity index (χ1n) is 6.42. The molecule has 3 nitrogen and oxygen atoms in total. The Morgan fingerprint density at radius 2 is 1.94 bits per heavy atom. The first-order valence-corrected chi connectivity index (χ1v) is 6.42. The Bertz CT molecular complexity index is 392. The summed E-state index contributed by atoms with van der Waals surface area (Å²) >= 11 is 0. The molecule has 1 unspecified atom stereocenters. The highest BCUT2D eigenvalue weighted by atomic mass is 19.1. The highest BCUT2D eigenvalue weighted by Gasteiger charge is 2.16. The number of anilines is 2. The summed E-state index contributed by atoms with van der Waals surface area (Å²) in [5.74, 6) is 0.676. The van der Waals surface area contributed by atoms with Crippen LogP contribution in [0.4, 0.5) is 15.8 Å². The molecular formula is C14H23FN2O. The highest BCUT2D eigenvalue weighted by molar-refractivity contribution is 5.62. The van der Waals surface area contributed by atoms with Crippen molar-refractivity contribution in [2.45, 2.75) is 39.7 Å². The van der Waals surface area contributed by atoms with Gasteiger partial charge in [0.25, 0.3) is 0 Å². The molecule has 0 aliphatic heterocycles. The standard InChI is InChI=1S/C14H23FN2O/c1-5-10(6-2)9(3)17-13-8-14(18-4)12(16)7-11(13)15/h7-10,17H,5-6,16H2,1-4H3. The Kier molecular flexibility index (Phi) is 5.25. The van der Waals surface area contributed by atoms with E-state index >= 15 is 0 Å². The number of hydrogen-bond acceptors (Lipinski definition) is 3. The van der Waals surface area contributed by atoms with E-state index in [1.165, 1.54) is 13.2 Å². The van der Waals surface area contributed by atoms with Crippen molar-refractivity contribution < 1.29 is 9.13 Å². The molecule has 3 N–H and O–H groups in total. The quantitative estimate of drug-likeness (QED) is 0.762. The molecule has 1 aromatic carbocycles. The van der Waals surface area contributed by atoms with Crippen molar-refractivity contribution in [2.24, 2.45) is 5.92 Å². The zero-order chi connectivity index (χ0) is 13.7. The molecule has 1 atom stereocenters. The van der Waals surface area contributed by atoms with Crippen molar-refractivity contribution in [1.82, 2.24) is 0 Å². The second-order valence-electron chi connectivity index (χ2n) is 4.58. The molecule has 4 heteroatoms. The van der Waals surface area contributed by atoms with E-state index in [2.05, 4.69) is 26.1 Å². The van der Waals surface area contributed by atoms with Gasteiger partial charge in [0, 0.05) is 18.2 Å². The van der Waals surface area contributed by atoms with Gasteiger partial charge in [0.05, 0.1) is 18.5 Å². The van der Waals surface area contributed by atoms with Crippen LogP contribution in [0.15, 0.2) is 12.1 Å². The fraction of sp³-hybridized carbons (Fsp3) is 0.571. The third-order valence-electron chi connectivity index (χ3n) is 3.46. The van der Waals surface area contributed by atoms with Crippen LogP contribution in [-0.4, -0.2) is 13.2 Å². The number of halogens is 1. The molecule has 0 saturated carbocycles. The Balaban J connectivity index is 2.90. The lowest BCUT2D eigenvalue weighted by molar-refractivity contribution is 0.415. The molecule has 0 heterocycles. The van der Waals surface area contributed by atoms with Crippen molar-refractivity contribution in [3.63, 3.8) is 0 Å². The number of nitrogens with two attached hydrogens (primary N) is 1. The molecule has 0 aliphatic rings. The number of ether oxygens (including phenoxy) is 1. The lowest BCUT2D eigenvalue weighted by atomic mass is 9.95. The van der Waals surface area contributed by atoms with E-state index in [1.807, 2.05) is 0 Å². The zero-order valence-corrected chi connectivity index (χ0v) is 11.6. The van der Waals surface area contributed by atoms with Gasteiger partial charge in [-0.15, -0.1) is 0 Å². The number of hydrogen-bond donors (Lipinski definition) is 2. The van der Waals surface area contributed by atoms with Crippen molar-refractivity contribution in [1.29, 1.82) is 0 Å². The van der Waals surface area contributed by atoms with Gasteiger partial charge >= 0.3 is 0 Å². The fourth-order valence-corrected chi connectivity index (χ4v) is 2.22. The van der Waals surface area contributed by atoms with Crippen molar-refractivity contribution in [3.05, 3.63) is 17.9 Å². The van der Waals surface area contributed by atoms with Crippen LogP contribution < -0.4 is 15.8 Å². The van der Waals surface area contributed by atoms with Crippen LogP contribution in [0, 0.1) is 11.7 Å². The predicted molar refractivity (Wildman–Crippen MR) is 74.5 cm³/mol. The summed E-state index contributed by atoms with van der Waals surface area (Å²) in [5.41, 5.74) is 6.41. The highest BCUT2D eigenvalue weighted by Crippen LogP contribution is 2.29. The van der Waals surface area contributed by atoms with E-state index in [0.717, 1.165) is 12.8 Å². The smallest absolute Gasteiger partial charge is 0.148 e. The van der Waals surface area contributed by atoms with Crippen molar-refractivity contribution in [2.75, 3.05) is 18.2 Å². The van der Waals surface area contributed by atoms with Crippen LogP contribution >= 0.6 is 0 Å². The van der Waals surface area contributed by atoms with E-state index in [-0.39, 0.29) is 11.9 Å². The van der Waals surface area contributed by atoms with Crippen molar-refractivity contribution in [3.8, 4) is 5.75 Å². The van der Waals surface area contributed by atoms with E-state index in [9.17, 15) is 4.39 Å². The second kappa shape index (κ2) is 6.47. The molecule has 0 saturated heterocycles. The van der Waals surface area contributed by atoms with E-state index in [1.54, 1.807) is 6.07 Å². The molecule has 1 aromatic rings. The number of benzene rings is 1. The minimum Gasteiger partial charge on any atom is -0.495 e.